The lowest BCUT2D eigenvalue weighted by Crippen LogP contribution is -2.26. The number of aromatic nitrogens is 1. The van der Waals surface area contributed by atoms with Crippen LogP contribution in [0, 0.1) is 6.92 Å². The van der Waals surface area contributed by atoms with Gasteiger partial charge in [0.15, 0.2) is 0 Å². The monoisotopic (exact) mass is 191 g/mol. The summed E-state index contributed by atoms with van der Waals surface area (Å²) in [5.41, 5.74) is 7.64. The Morgan fingerprint density at radius 1 is 1.57 bits per heavy atom. The zero-order chi connectivity index (χ0) is 10.1. The van der Waals surface area contributed by atoms with Crippen molar-refractivity contribution >= 4 is 11.5 Å². The fraction of sp³-hybridized carbons (Fsp3) is 0.545. The summed E-state index contributed by atoms with van der Waals surface area (Å²) < 4.78 is 0. The maximum absolute atomic E-state index is 5.74. The van der Waals surface area contributed by atoms with Crippen molar-refractivity contribution in [2.24, 2.45) is 0 Å². The third-order valence-electron chi connectivity index (χ3n) is 2.76. The minimum atomic E-state index is 0.718. The van der Waals surface area contributed by atoms with E-state index in [1.165, 1.54) is 12.8 Å². The van der Waals surface area contributed by atoms with Gasteiger partial charge in [-0.2, -0.15) is 0 Å². The number of rotatable bonds is 3. The molecule has 1 fully saturated rings. The third-order valence-corrected chi connectivity index (χ3v) is 2.76. The van der Waals surface area contributed by atoms with Gasteiger partial charge in [0.05, 0.1) is 11.9 Å². The molecule has 2 N–H and O–H groups in total. The molecule has 0 radical (unpaired) electrons. The number of pyridine rings is 1. The maximum atomic E-state index is 5.74. The lowest BCUT2D eigenvalue weighted by Gasteiger charge is -2.21. The van der Waals surface area contributed by atoms with Gasteiger partial charge in [0.1, 0.15) is 5.82 Å². The highest BCUT2D eigenvalue weighted by Crippen LogP contribution is 2.31. The average Bonchev–Trinajstić information content (AvgIpc) is 2.96. The van der Waals surface area contributed by atoms with Crippen molar-refractivity contribution in [2.75, 3.05) is 17.2 Å². The molecule has 2 rings (SSSR count). The fourth-order valence-electron chi connectivity index (χ4n) is 1.70. The highest BCUT2D eigenvalue weighted by Gasteiger charge is 2.28. The van der Waals surface area contributed by atoms with Gasteiger partial charge in [0.2, 0.25) is 0 Å². The first-order chi connectivity index (χ1) is 6.72. The first-order valence-electron chi connectivity index (χ1n) is 5.21. The van der Waals surface area contributed by atoms with E-state index >= 15 is 0 Å². The second-order valence-electron chi connectivity index (χ2n) is 3.92. The molecule has 0 saturated heterocycles. The molecule has 76 valence electrons. The molecule has 0 spiro atoms. The molecule has 1 heterocycles. The first-order valence-corrected chi connectivity index (χ1v) is 5.21. The summed E-state index contributed by atoms with van der Waals surface area (Å²) in [6.07, 6.45) is 4.37. The Labute approximate surface area is 84.9 Å². The molecule has 1 aromatic rings. The molecule has 0 atom stereocenters. The molecule has 1 aromatic heterocycles. The van der Waals surface area contributed by atoms with E-state index in [0.29, 0.717) is 0 Å². The quantitative estimate of drug-likeness (QED) is 0.794. The standard InChI is InChI=1S/C11H17N3/c1-3-14(9-4-5-9)11-6-8(2)10(12)7-13-11/h6-7,9H,3-5,12H2,1-2H3. The summed E-state index contributed by atoms with van der Waals surface area (Å²) in [5.74, 6) is 1.07. The van der Waals surface area contributed by atoms with Crippen molar-refractivity contribution in [3.63, 3.8) is 0 Å². The average molecular weight is 191 g/mol. The molecule has 0 unspecified atom stereocenters. The van der Waals surface area contributed by atoms with E-state index in [0.717, 1.165) is 29.7 Å². The summed E-state index contributed by atoms with van der Waals surface area (Å²) >= 11 is 0. The van der Waals surface area contributed by atoms with Crippen molar-refractivity contribution < 1.29 is 0 Å². The normalized spacial score (nSPS) is 15.6. The number of nitrogens with two attached hydrogens (primary N) is 1. The summed E-state index contributed by atoms with van der Waals surface area (Å²) in [6.45, 7) is 5.23. The number of aryl methyl sites for hydroxylation is 1. The van der Waals surface area contributed by atoms with E-state index in [2.05, 4.69) is 22.9 Å². The van der Waals surface area contributed by atoms with E-state index in [9.17, 15) is 0 Å². The zero-order valence-corrected chi connectivity index (χ0v) is 8.83. The number of nitrogens with zero attached hydrogens (tertiary/aromatic N) is 2. The Morgan fingerprint density at radius 3 is 2.79 bits per heavy atom. The number of anilines is 2. The van der Waals surface area contributed by atoms with Gasteiger partial charge in [0, 0.05) is 12.6 Å². The molecular formula is C11H17N3. The van der Waals surface area contributed by atoms with E-state index in [1.54, 1.807) is 6.20 Å². The van der Waals surface area contributed by atoms with Gasteiger partial charge in [-0.1, -0.05) is 0 Å². The second kappa shape index (κ2) is 3.48. The van der Waals surface area contributed by atoms with Gasteiger partial charge in [-0.15, -0.1) is 0 Å². The molecule has 1 saturated carbocycles. The van der Waals surface area contributed by atoms with E-state index in [-0.39, 0.29) is 0 Å². The van der Waals surface area contributed by atoms with Gasteiger partial charge in [-0.3, -0.25) is 0 Å². The molecule has 3 heteroatoms. The number of hydrogen-bond donors (Lipinski definition) is 1. The van der Waals surface area contributed by atoms with Gasteiger partial charge in [0.25, 0.3) is 0 Å². The van der Waals surface area contributed by atoms with Crippen molar-refractivity contribution in [1.29, 1.82) is 0 Å². The van der Waals surface area contributed by atoms with Crippen LogP contribution in [0.15, 0.2) is 12.3 Å². The molecule has 0 aliphatic heterocycles. The summed E-state index contributed by atoms with van der Waals surface area (Å²) in [4.78, 5) is 6.73. The van der Waals surface area contributed by atoms with Gasteiger partial charge >= 0.3 is 0 Å². The first kappa shape index (κ1) is 9.31. The SMILES string of the molecule is CCN(c1cc(C)c(N)cn1)C1CC1. The minimum absolute atomic E-state index is 0.718. The van der Waals surface area contributed by atoms with Crippen molar-refractivity contribution in [3.05, 3.63) is 17.8 Å². The molecule has 0 aromatic carbocycles. The lowest BCUT2D eigenvalue weighted by atomic mass is 10.2. The van der Waals surface area contributed by atoms with Gasteiger partial charge in [-0.25, -0.2) is 4.98 Å². The van der Waals surface area contributed by atoms with Crippen LogP contribution in [0.4, 0.5) is 11.5 Å². The third kappa shape index (κ3) is 1.67. The lowest BCUT2D eigenvalue weighted by molar-refractivity contribution is 0.808. The van der Waals surface area contributed by atoms with Crippen LogP contribution in [-0.4, -0.2) is 17.6 Å². The van der Waals surface area contributed by atoms with Crippen LogP contribution in [-0.2, 0) is 0 Å². The molecule has 1 aliphatic carbocycles. The van der Waals surface area contributed by atoms with Crippen LogP contribution in [0.5, 0.6) is 0 Å². The van der Waals surface area contributed by atoms with E-state index in [4.69, 9.17) is 5.73 Å². The molecule has 3 nitrogen and oxygen atoms in total. The molecule has 0 amide bonds. The summed E-state index contributed by atoms with van der Waals surface area (Å²) in [5, 5.41) is 0. The topological polar surface area (TPSA) is 42.1 Å². The summed E-state index contributed by atoms with van der Waals surface area (Å²) in [6, 6.07) is 2.80. The van der Waals surface area contributed by atoms with Crippen LogP contribution >= 0.6 is 0 Å². The smallest absolute Gasteiger partial charge is 0.129 e. The van der Waals surface area contributed by atoms with Crippen LogP contribution in [0.1, 0.15) is 25.3 Å². The van der Waals surface area contributed by atoms with Crippen LogP contribution in [0.2, 0.25) is 0 Å². The van der Waals surface area contributed by atoms with E-state index < -0.39 is 0 Å². The highest BCUT2D eigenvalue weighted by atomic mass is 15.2. The van der Waals surface area contributed by atoms with Crippen LogP contribution < -0.4 is 10.6 Å². The van der Waals surface area contributed by atoms with E-state index in [1.807, 2.05) is 6.92 Å². The second-order valence-corrected chi connectivity index (χ2v) is 3.92. The van der Waals surface area contributed by atoms with Crippen molar-refractivity contribution in [3.8, 4) is 0 Å². The predicted octanol–water partition coefficient (Wildman–Crippen LogP) is 1.96. The molecule has 1 aliphatic rings. The Bertz CT molecular complexity index is 331. The Balaban J connectivity index is 2.25. The van der Waals surface area contributed by atoms with Gasteiger partial charge < -0.3 is 10.6 Å². The largest absolute Gasteiger partial charge is 0.397 e. The molecule has 14 heavy (non-hydrogen) atoms. The Kier molecular flexibility index (Phi) is 2.32. The van der Waals surface area contributed by atoms with Crippen molar-refractivity contribution in [2.45, 2.75) is 32.7 Å². The number of nitrogen functional groups attached to an aromatic ring is 1. The van der Waals surface area contributed by atoms with Crippen LogP contribution in [0.25, 0.3) is 0 Å². The Morgan fingerprint density at radius 2 is 2.29 bits per heavy atom. The molecule has 0 bridgehead atoms. The predicted molar refractivity (Wildman–Crippen MR) is 59.4 cm³/mol. The highest BCUT2D eigenvalue weighted by molar-refractivity contribution is 5.53. The number of hydrogen-bond acceptors (Lipinski definition) is 3. The Hall–Kier alpha value is -1.25. The minimum Gasteiger partial charge on any atom is -0.397 e. The maximum Gasteiger partial charge on any atom is 0.129 e. The summed E-state index contributed by atoms with van der Waals surface area (Å²) in [7, 11) is 0. The van der Waals surface area contributed by atoms with Crippen molar-refractivity contribution in [1.82, 2.24) is 4.98 Å². The fourth-order valence-corrected chi connectivity index (χ4v) is 1.70. The molecular weight excluding hydrogens is 174 g/mol. The zero-order valence-electron chi connectivity index (χ0n) is 8.83. The van der Waals surface area contributed by atoms with Crippen LogP contribution in [0.3, 0.4) is 0 Å². The van der Waals surface area contributed by atoms with Gasteiger partial charge in [-0.05, 0) is 38.3 Å².